The van der Waals surface area contributed by atoms with Crippen molar-refractivity contribution in [3.8, 4) is 0 Å². The molecule has 0 aliphatic carbocycles. The monoisotopic (exact) mass is 452 g/mol. The number of carbonyl (C=O) groups excluding carboxylic acids is 1. The van der Waals surface area contributed by atoms with Crippen molar-refractivity contribution >= 4 is 22.5 Å². The van der Waals surface area contributed by atoms with E-state index in [1.54, 1.807) is 26.0 Å². The van der Waals surface area contributed by atoms with Gasteiger partial charge in [0.25, 0.3) is 5.91 Å². The highest BCUT2D eigenvalue weighted by Gasteiger charge is 2.33. The maximum Gasteiger partial charge on any atom is 0.416 e. The average molecular weight is 452 g/mol. The lowest BCUT2D eigenvalue weighted by atomic mass is 10.0. The number of fused-ring (bicyclic) bond motifs is 1. The Bertz CT molecular complexity index is 1370. The Morgan fingerprint density at radius 2 is 1.76 bits per heavy atom. The first kappa shape index (κ1) is 22.5. The molecular formula is C25H23F3N4O. The van der Waals surface area contributed by atoms with Crippen LogP contribution in [-0.2, 0) is 12.7 Å². The summed E-state index contributed by atoms with van der Waals surface area (Å²) in [6.45, 7) is 7.15. The maximum atomic E-state index is 13.4. The van der Waals surface area contributed by atoms with Gasteiger partial charge in [0.2, 0.25) is 0 Å². The van der Waals surface area contributed by atoms with Gasteiger partial charge in [0.1, 0.15) is 0 Å². The van der Waals surface area contributed by atoms with Crippen molar-refractivity contribution in [3.05, 3.63) is 87.9 Å². The van der Waals surface area contributed by atoms with Crippen LogP contribution in [0.15, 0.2) is 48.5 Å². The summed E-state index contributed by atoms with van der Waals surface area (Å²) in [4.78, 5) is 17.7. The molecule has 0 aliphatic rings. The molecule has 0 radical (unpaired) electrons. The Hall–Kier alpha value is -3.68. The molecule has 0 fully saturated rings. The molecule has 0 aliphatic heterocycles. The van der Waals surface area contributed by atoms with Crippen LogP contribution in [-0.4, -0.2) is 20.7 Å². The van der Waals surface area contributed by atoms with Gasteiger partial charge in [0.05, 0.1) is 40.3 Å². The highest BCUT2D eigenvalue weighted by atomic mass is 19.4. The predicted octanol–water partition coefficient (Wildman–Crippen LogP) is 5.98. The lowest BCUT2D eigenvalue weighted by Crippen LogP contribution is -2.15. The Kier molecular flexibility index (Phi) is 5.69. The highest BCUT2D eigenvalue weighted by molar-refractivity contribution is 6.12. The van der Waals surface area contributed by atoms with Crippen molar-refractivity contribution in [1.82, 2.24) is 14.8 Å². The minimum atomic E-state index is -4.46. The van der Waals surface area contributed by atoms with Gasteiger partial charge in [-0.05, 0) is 57.5 Å². The lowest BCUT2D eigenvalue weighted by Gasteiger charge is -2.14. The van der Waals surface area contributed by atoms with Crippen molar-refractivity contribution in [3.63, 3.8) is 0 Å². The maximum absolute atomic E-state index is 13.4. The van der Waals surface area contributed by atoms with Crippen LogP contribution in [0.3, 0.4) is 0 Å². The van der Waals surface area contributed by atoms with E-state index in [2.05, 4.69) is 15.4 Å². The van der Waals surface area contributed by atoms with Crippen LogP contribution in [0, 0.1) is 27.7 Å². The van der Waals surface area contributed by atoms with Crippen LogP contribution in [0.25, 0.3) is 10.9 Å². The van der Waals surface area contributed by atoms with Crippen LogP contribution in [0.1, 0.15) is 44.1 Å². The van der Waals surface area contributed by atoms with Crippen molar-refractivity contribution < 1.29 is 18.0 Å². The Balaban J connectivity index is 1.68. The topological polar surface area (TPSA) is 59.8 Å². The number of alkyl halides is 3. The van der Waals surface area contributed by atoms with Gasteiger partial charge in [-0.3, -0.25) is 14.5 Å². The van der Waals surface area contributed by atoms with E-state index in [4.69, 9.17) is 0 Å². The molecule has 4 rings (SSSR count). The summed E-state index contributed by atoms with van der Waals surface area (Å²) in [5, 5.41) is 8.04. The summed E-state index contributed by atoms with van der Waals surface area (Å²) < 4.78 is 41.7. The van der Waals surface area contributed by atoms with Gasteiger partial charge in [0.15, 0.2) is 0 Å². The molecule has 2 heterocycles. The minimum absolute atomic E-state index is 0.0608. The van der Waals surface area contributed by atoms with Crippen LogP contribution in [0.5, 0.6) is 0 Å². The molecule has 0 bridgehead atoms. The molecule has 4 aromatic rings. The van der Waals surface area contributed by atoms with Crippen molar-refractivity contribution in [2.45, 2.75) is 40.4 Å². The molecule has 1 amide bonds. The van der Waals surface area contributed by atoms with Gasteiger partial charge in [-0.25, -0.2) is 0 Å². The first-order valence-corrected chi connectivity index (χ1v) is 10.4. The van der Waals surface area contributed by atoms with E-state index in [0.29, 0.717) is 28.3 Å². The van der Waals surface area contributed by atoms with Crippen molar-refractivity contribution in [1.29, 1.82) is 0 Å². The largest absolute Gasteiger partial charge is 0.416 e. The van der Waals surface area contributed by atoms with E-state index < -0.39 is 11.7 Å². The third kappa shape index (κ3) is 4.46. The Labute approximate surface area is 189 Å². The molecule has 0 atom stereocenters. The quantitative estimate of drug-likeness (QED) is 0.414. The van der Waals surface area contributed by atoms with Gasteiger partial charge >= 0.3 is 6.18 Å². The number of hydrogen-bond donors (Lipinski definition) is 1. The summed E-state index contributed by atoms with van der Waals surface area (Å²) in [6, 6.07) is 12.9. The molecular weight excluding hydrogens is 429 g/mol. The van der Waals surface area contributed by atoms with Gasteiger partial charge in [-0.2, -0.15) is 18.3 Å². The molecule has 0 saturated carbocycles. The average Bonchev–Trinajstić information content (AvgIpc) is 3.00. The summed E-state index contributed by atoms with van der Waals surface area (Å²) in [5.74, 6) is -0.322. The molecule has 2 aromatic heterocycles. The predicted molar refractivity (Wildman–Crippen MR) is 121 cm³/mol. The third-order valence-corrected chi connectivity index (χ3v) is 5.60. The number of aryl methyl sites for hydroxylation is 3. The fourth-order valence-electron chi connectivity index (χ4n) is 3.97. The second-order valence-corrected chi connectivity index (χ2v) is 8.14. The zero-order valence-corrected chi connectivity index (χ0v) is 18.7. The van der Waals surface area contributed by atoms with Gasteiger partial charge in [-0.1, -0.05) is 29.8 Å². The smallest absolute Gasteiger partial charge is 0.319 e. The Morgan fingerprint density at radius 3 is 2.48 bits per heavy atom. The van der Waals surface area contributed by atoms with Crippen LogP contribution in [0.2, 0.25) is 0 Å². The second kappa shape index (κ2) is 8.35. The second-order valence-electron chi connectivity index (χ2n) is 8.14. The number of halogens is 3. The summed E-state index contributed by atoms with van der Waals surface area (Å²) in [5.41, 5.74) is 3.92. The number of pyridine rings is 1. The highest BCUT2D eigenvalue weighted by Crippen LogP contribution is 2.33. The first-order valence-electron chi connectivity index (χ1n) is 10.4. The molecule has 5 nitrogen and oxygen atoms in total. The van der Waals surface area contributed by atoms with Crippen LogP contribution in [0.4, 0.5) is 18.9 Å². The molecule has 0 saturated heterocycles. The third-order valence-electron chi connectivity index (χ3n) is 5.60. The number of rotatable bonds is 4. The molecule has 0 unspecified atom stereocenters. The zero-order valence-electron chi connectivity index (χ0n) is 18.7. The van der Waals surface area contributed by atoms with E-state index >= 15 is 0 Å². The zero-order chi connectivity index (χ0) is 23.9. The number of anilines is 1. The number of benzene rings is 2. The number of aromatic nitrogens is 3. The summed E-state index contributed by atoms with van der Waals surface area (Å²) in [7, 11) is 0. The van der Waals surface area contributed by atoms with E-state index in [9.17, 15) is 18.0 Å². The molecule has 2 aromatic carbocycles. The van der Waals surface area contributed by atoms with Crippen molar-refractivity contribution in [2.75, 3.05) is 5.32 Å². The van der Waals surface area contributed by atoms with E-state index in [-0.39, 0.29) is 18.0 Å². The first-order chi connectivity index (χ1) is 15.5. The fourth-order valence-corrected chi connectivity index (χ4v) is 3.97. The molecule has 1 N–H and O–H groups in total. The van der Waals surface area contributed by atoms with Crippen molar-refractivity contribution in [2.24, 2.45) is 0 Å². The standard InChI is InChI=1S/C25H23F3N4O/c1-14-9-10-22-19(11-14)20(12-15(2)29-22)24(33)30-23-16(3)31-32(17(23)4)13-18-7-5-6-8-21(18)25(26,27)28/h5-12H,13H2,1-4H3,(H,30,33). The number of amides is 1. The van der Waals surface area contributed by atoms with E-state index in [0.717, 1.165) is 22.5 Å². The lowest BCUT2D eigenvalue weighted by molar-refractivity contribution is -0.138. The number of carbonyl (C=O) groups is 1. The van der Waals surface area contributed by atoms with Gasteiger partial charge in [0, 0.05) is 11.1 Å². The Morgan fingerprint density at radius 1 is 1.03 bits per heavy atom. The summed E-state index contributed by atoms with van der Waals surface area (Å²) in [6.07, 6.45) is -4.46. The van der Waals surface area contributed by atoms with Crippen LogP contribution >= 0.6 is 0 Å². The molecule has 0 spiro atoms. The van der Waals surface area contributed by atoms with Gasteiger partial charge in [-0.15, -0.1) is 0 Å². The number of hydrogen-bond acceptors (Lipinski definition) is 3. The fraction of sp³-hybridized carbons (Fsp3) is 0.240. The minimum Gasteiger partial charge on any atom is -0.319 e. The number of nitrogens with one attached hydrogen (secondary N) is 1. The van der Waals surface area contributed by atoms with E-state index in [1.165, 1.54) is 16.8 Å². The normalized spacial score (nSPS) is 11.7. The number of nitrogens with zero attached hydrogens (tertiary/aromatic N) is 3. The SMILES string of the molecule is Cc1ccc2nc(C)cc(C(=O)Nc3c(C)nn(Cc4ccccc4C(F)(F)F)c3C)c2c1. The van der Waals surface area contributed by atoms with Gasteiger partial charge < -0.3 is 5.32 Å². The molecule has 8 heteroatoms. The van der Waals surface area contributed by atoms with Crippen LogP contribution < -0.4 is 5.32 Å². The molecule has 33 heavy (non-hydrogen) atoms. The molecule has 170 valence electrons. The summed E-state index contributed by atoms with van der Waals surface area (Å²) >= 11 is 0. The van der Waals surface area contributed by atoms with E-state index in [1.807, 2.05) is 32.0 Å².